The number of nitrogens with zero attached hydrogens (tertiary/aromatic N) is 7. The van der Waals surface area contributed by atoms with Crippen molar-refractivity contribution in [2.24, 2.45) is 0 Å². The van der Waals surface area contributed by atoms with Crippen LogP contribution in [0.2, 0.25) is 0 Å². The summed E-state index contributed by atoms with van der Waals surface area (Å²) in [5.41, 5.74) is 5.84. The molecule has 0 amide bonds. The van der Waals surface area contributed by atoms with E-state index >= 15 is 0 Å². The van der Waals surface area contributed by atoms with E-state index in [0.29, 0.717) is 18.0 Å². The highest BCUT2D eigenvalue weighted by atomic mass is 16.5. The summed E-state index contributed by atoms with van der Waals surface area (Å²) in [5.74, 6) is 0.557. The molecular formula is C29H34N8O. The second kappa shape index (κ2) is 10.9. The molecule has 0 aliphatic carbocycles. The summed E-state index contributed by atoms with van der Waals surface area (Å²) in [4.78, 5) is 18.7. The zero-order valence-electron chi connectivity index (χ0n) is 22.0. The number of hydrogen-bond acceptors (Lipinski definition) is 8. The first kappa shape index (κ1) is 24.5. The molecule has 2 fully saturated rings. The molecule has 1 N–H and O–H groups in total. The van der Waals surface area contributed by atoms with Gasteiger partial charge in [0.25, 0.3) is 0 Å². The van der Waals surface area contributed by atoms with Gasteiger partial charge in [0.1, 0.15) is 5.69 Å². The van der Waals surface area contributed by atoms with E-state index in [0.717, 1.165) is 61.0 Å². The van der Waals surface area contributed by atoms with Crippen LogP contribution in [0.5, 0.6) is 0 Å². The van der Waals surface area contributed by atoms with Gasteiger partial charge in [-0.2, -0.15) is 5.10 Å². The minimum atomic E-state index is 0.557. The normalized spacial score (nSPS) is 19.2. The molecule has 2 saturated heterocycles. The van der Waals surface area contributed by atoms with Crippen molar-refractivity contribution in [1.29, 1.82) is 0 Å². The van der Waals surface area contributed by atoms with Crippen molar-refractivity contribution < 1.29 is 4.74 Å². The van der Waals surface area contributed by atoms with E-state index in [-0.39, 0.29) is 0 Å². The van der Waals surface area contributed by atoms with Gasteiger partial charge in [-0.15, -0.1) is 0 Å². The van der Waals surface area contributed by atoms with E-state index in [1.807, 2.05) is 35.3 Å². The monoisotopic (exact) mass is 510 g/mol. The third-order valence-corrected chi connectivity index (χ3v) is 7.63. The van der Waals surface area contributed by atoms with Crippen molar-refractivity contribution in [3.8, 4) is 22.5 Å². The van der Waals surface area contributed by atoms with Gasteiger partial charge in [-0.25, -0.2) is 9.97 Å². The lowest BCUT2D eigenvalue weighted by molar-refractivity contribution is 0.106. The fourth-order valence-corrected chi connectivity index (χ4v) is 5.70. The van der Waals surface area contributed by atoms with E-state index in [2.05, 4.69) is 56.3 Å². The average molecular weight is 511 g/mol. The number of rotatable bonds is 9. The zero-order valence-corrected chi connectivity index (χ0v) is 22.0. The largest absolute Gasteiger partial charge is 0.383 e. The van der Waals surface area contributed by atoms with Crippen LogP contribution in [0.4, 0.5) is 17.3 Å². The Labute approximate surface area is 223 Å². The van der Waals surface area contributed by atoms with Crippen molar-refractivity contribution in [3.05, 3.63) is 67.3 Å². The number of hydrogen-bond donors (Lipinski definition) is 1. The Balaban J connectivity index is 1.17. The topological polar surface area (TPSA) is 84.2 Å². The number of anilines is 3. The van der Waals surface area contributed by atoms with Crippen molar-refractivity contribution in [3.63, 3.8) is 0 Å². The van der Waals surface area contributed by atoms with Gasteiger partial charge in [0.2, 0.25) is 5.95 Å². The van der Waals surface area contributed by atoms with Crippen LogP contribution >= 0.6 is 0 Å². The Morgan fingerprint density at radius 2 is 1.84 bits per heavy atom. The van der Waals surface area contributed by atoms with Gasteiger partial charge in [0.05, 0.1) is 12.3 Å². The van der Waals surface area contributed by atoms with Crippen LogP contribution in [0.3, 0.4) is 0 Å². The molecule has 3 aromatic heterocycles. The van der Waals surface area contributed by atoms with Crippen molar-refractivity contribution in [2.45, 2.75) is 38.4 Å². The molecule has 4 aromatic rings. The number of nitrogens with one attached hydrogen (secondary N) is 1. The van der Waals surface area contributed by atoms with Crippen molar-refractivity contribution in [2.75, 3.05) is 43.6 Å². The van der Waals surface area contributed by atoms with Crippen molar-refractivity contribution in [1.82, 2.24) is 29.6 Å². The SMILES string of the molecule is CCn1cc(-c2ccnc(Nc3ccc(N4CC5CCC(C4)N5CCOC)cc3)n2)c(-c2cccnc2)n1. The summed E-state index contributed by atoms with van der Waals surface area (Å²) >= 11 is 0. The third-order valence-electron chi connectivity index (χ3n) is 7.63. The molecular weight excluding hydrogens is 476 g/mol. The highest BCUT2D eigenvalue weighted by molar-refractivity contribution is 5.78. The van der Waals surface area contributed by atoms with Crippen LogP contribution in [0, 0.1) is 0 Å². The Morgan fingerprint density at radius 3 is 2.55 bits per heavy atom. The molecule has 5 heterocycles. The molecule has 2 unspecified atom stereocenters. The molecule has 0 saturated carbocycles. The lowest BCUT2D eigenvalue weighted by Crippen LogP contribution is -2.54. The van der Waals surface area contributed by atoms with Crippen LogP contribution in [-0.4, -0.2) is 75.1 Å². The molecule has 1 aromatic carbocycles. The molecule has 2 aliphatic heterocycles. The fourth-order valence-electron chi connectivity index (χ4n) is 5.70. The van der Waals surface area contributed by atoms with Gasteiger partial charge in [-0.1, -0.05) is 0 Å². The lowest BCUT2D eigenvalue weighted by Gasteiger charge is -2.42. The van der Waals surface area contributed by atoms with Gasteiger partial charge in [-0.3, -0.25) is 14.6 Å². The van der Waals surface area contributed by atoms with Gasteiger partial charge in [-0.05, 0) is 62.2 Å². The minimum absolute atomic E-state index is 0.557. The summed E-state index contributed by atoms with van der Waals surface area (Å²) in [7, 11) is 1.79. The number of methoxy groups -OCH3 is 1. The van der Waals surface area contributed by atoms with E-state index in [4.69, 9.17) is 14.8 Å². The van der Waals surface area contributed by atoms with Crippen LogP contribution in [0.1, 0.15) is 19.8 Å². The average Bonchev–Trinajstić information content (AvgIpc) is 3.50. The van der Waals surface area contributed by atoms with Crippen molar-refractivity contribution >= 4 is 17.3 Å². The predicted molar refractivity (Wildman–Crippen MR) is 149 cm³/mol. The number of pyridine rings is 1. The quantitative estimate of drug-likeness (QED) is 0.353. The van der Waals surface area contributed by atoms with E-state index < -0.39 is 0 Å². The molecule has 2 atom stereocenters. The number of fused-ring (bicyclic) bond motifs is 2. The maximum atomic E-state index is 5.33. The number of ether oxygens (including phenoxy) is 1. The zero-order chi connectivity index (χ0) is 25.9. The standard InChI is InChI=1S/C29H34N8O/c1-3-36-20-26(28(34-36)21-5-4-13-30-17-21)27-12-14-31-29(33-27)32-22-6-8-23(9-7-22)35-18-24-10-11-25(19-35)37(24)15-16-38-2/h4-9,12-14,17,20,24-25H,3,10-11,15-16,18-19H2,1-2H3,(H,31,32,33). The van der Waals surface area contributed by atoms with Gasteiger partial charge < -0.3 is 15.0 Å². The highest BCUT2D eigenvalue weighted by Gasteiger charge is 2.39. The fraction of sp³-hybridized carbons (Fsp3) is 0.379. The van der Waals surface area contributed by atoms with E-state index in [1.54, 1.807) is 19.5 Å². The Hall–Kier alpha value is -3.82. The predicted octanol–water partition coefficient (Wildman–Crippen LogP) is 4.47. The summed E-state index contributed by atoms with van der Waals surface area (Å²) in [6, 6.07) is 15.7. The van der Waals surface area contributed by atoms with Gasteiger partial charge in [0, 0.05) is 92.7 Å². The summed E-state index contributed by atoms with van der Waals surface area (Å²) in [6.07, 6.45) is 9.97. The number of aromatic nitrogens is 5. The number of piperazine rings is 1. The molecule has 9 heteroatoms. The smallest absolute Gasteiger partial charge is 0.227 e. The lowest BCUT2D eigenvalue weighted by atomic mass is 10.1. The van der Waals surface area contributed by atoms with E-state index in [9.17, 15) is 0 Å². The second-order valence-electron chi connectivity index (χ2n) is 9.95. The number of benzene rings is 1. The van der Waals surface area contributed by atoms with Gasteiger partial charge >= 0.3 is 0 Å². The molecule has 0 spiro atoms. The van der Waals surface area contributed by atoms with Gasteiger partial charge in [0.15, 0.2) is 0 Å². The molecule has 9 nitrogen and oxygen atoms in total. The molecule has 2 aliphatic rings. The highest BCUT2D eigenvalue weighted by Crippen LogP contribution is 2.33. The Bertz CT molecular complexity index is 1340. The summed E-state index contributed by atoms with van der Waals surface area (Å²) in [6.45, 7) is 6.84. The minimum Gasteiger partial charge on any atom is -0.383 e. The molecule has 196 valence electrons. The molecule has 38 heavy (non-hydrogen) atoms. The van der Waals surface area contributed by atoms with E-state index in [1.165, 1.54) is 18.5 Å². The Kier molecular flexibility index (Phi) is 7.02. The summed E-state index contributed by atoms with van der Waals surface area (Å²) < 4.78 is 7.25. The Morgan fingerprint density at radius 1 is 1.03 bits per heavy atom. The molecule has 6 rings (SSSR count). The molecule has 0 radical (unpaired) electrons. The van der Waals surface area contributed by atoms with Crippen LogP contribution in [0.25, 0.3) is 22.5 Å². The number of aryl methyl sites for hydroxylation is 1. The summed E-state index contributed by atoms with van der Waals surface area (Å²) in [5, 5.41) is 8.14. The van der Waals surface area contributed by atoms with Crippen LogP contribution in [-0.2, 0) is 11.3 Å². The first-order chi connectivity index (χ1) is 18.7. The maximum Gasteiger partial charge on any atom is 0.227 e. The molecule has 2 bridgehead atoms. The maximum absolute atomic E-state index is 5.33. The third kappa shape index (κ3) is 4.99. The second-order valence-corrected chi connectivity index (χ2v) is 9.95. The van der Waals surface area contributed by atoms with Crippen LogP contribution < -0.4 is 10.2 Å². The van der Waals surface area contributed by atoms with Crippen LogP contribution in [0.15, 0.2) is 67.3 Å². The first-order valence-electron chi connectivity index (χ1n) is 13.4. The first-order valence-corrected chi connectivity index (χ1v) is 13.4.